The van der Waals surface area contributed by atoms with E-state index in [2.05, 4.69) is 5.32 Å². The lowest BCUT2D eigenvalue weighted by Gasteiger charge is -2.24. The van der Waals surface area contributed by atoms with Crippen LogP contribution in [0.5, 0.6) is 0 Å². The number of hydrogen-bond acceptors (Lipinski definition) is 6. The molecule has 0 saturated carbocycles. The van der Waals surface area contributed by atoms with Gasteiger partial charge in [0, 0.05) is 0 Å². The van der Waals surface area contributed by atoms with Crippen LogP contribution in [0.1, 0.15) is 70.4 Å². The van der Waals surface area contributed by atoms with E-state index in [1.807, 2.05) is 0 Å². The highest BCUT2D eigenvalue weighted by molar-refractivity contribution is 5.90. The maximum atomic E-state index is 14.7. The Labute approximate surface area is 168 Å². The van der Waals surface area contributed by atoms with E-state index in [0.717, 1.165) is 12.1 Å². The molecule has 0 aromatic heterocycles. The van der Waals surface area contributed by atoms with Crippen molar-refractivity contribution in [1.82, 2.24) is 5.32 Å². The zero-order chi connectivity index (χ0) is 22.6. The molecule has 0 aliphatic heterocycles. The maximum absolute atomic E-state index is 14.7. The van der Waals surface area contributed by atoms with Gasteiger partial charge in [0.05, 0.1) is 17.7 Å². The number of benzene rings is 1. The van der Waals surface area contributed by atoms with E-state index < -0.39 is 52.5 Å². The fourth-order valence-electron chi connectivity index (χ4n) is 2.21. The van der Waals surface area contributed by atoms with Crippen LogP contribution in [0.2, 0.25) is 0 Å². The van der Waals surface area contributed by atoms with Gasteiger partial charge in [0.1, 0.15) is 22.8 Å². The SMILES string of the molecule is CCOC(=O)C(NC(=O)OC(C)(C)C)c1c(F)cc(C(=O)OC(C)(C)C)cc1F. The minimum Gasteiger partial charge on any atom is -0.464 e. The van der Waals surface area contributed by atoms with E-state index >= 15 is 0 Å². The third-order valence-corrected chi connectivity index (χ3v) is 3.19. The summed E-state index contributed by atoms with van der Waals surface area (Å²) in [6.07, 6.45) is -1.06. The molecular formula is C20H27F2NO6. The summed E-state index contributed by atoms with van der Waals surface area (Å²) in [5.41, 5.74) is -2.92. The van der Waals surface area contributed by atoms with Gasteiger partial charge in [0.25, 0.3) is 0 Å². The molecule has 1 atom stereocenters. The largest absolute Gasteiger partial charge is 0.464 e. The molecule has 0 aliphatic carbocycles. The average molecular weight is 415 g/mol. The molecule has 0 saturated heterocycles. The second kappa shape index (κ2) is 9.19. The topological polar surface area (TPSA) is 90.9 Å². The molecule has 1 aromatic carbocycles. The minimum atomic E-state index is -1.81. The van der Waals surface area contributed by atoms with Crippen molar-refractivity contribution < 1.29 is 37.4 Å². The third kappa shape index (κ3) is 7.67. The number of nitrogens with one attached hydrogen (secondary N) is 1. The lowest BCUT2D eigenvalue weighted by Crippen LogP contribution is -2.39. The van der Waals surface area contributed by atoms with Crippen LogP contribution in [0, 0.1) is 11.6 Å². The molecule has 0 radical (unpaired) electrons. The summed E-state index contributed by atoms with van der Waals surface area (Å²) in [7, 11) is 0. The Balaban J connectivity index is 3.29. The van der Waals surface area contributed by atoms with Crippen LogP contribution in [-0.2, 0) is 19.0 Å². The van der Waals surface area contributed by atoms with Gasteiger partial charge in [-0.1, -0.05) is 0 Å². The predicted molar refractivity (Wildman–Crippen MR) is 100 cm³/mol. The Kier molecular flexibility index (Phi) is 7.71. The van der Waals surface area contributed by atoms with Gasteiger partial charge in [-0.15, -0.1) is 0 Å². The minimum absolute atomic E-state index is 0.0788. The van der Waals surface area contributed by atoms with E-state index in [1.165, 1.54) is 6.92 Å². The Bertz CT molecular complexity index is 757. The molecular weight excluding hydrogens is 388 g/mol. The third-order valence-electron chi connectivity index (χ3n) is 3.19. The molecule has 0 bridgehead atoms. The van der Waals surface area contributed by atoms with Gasteiger partial charge in [0.15, 0.2) is 6.04 Å². The number of hydrogen-bond donors (Lipinski definition) is 1. The second-order valence-electron chi connectivity index (χ2n) is 8.19. The molecule has 29 heavy (non-hydrogen) atoms. The van der Waals surface area contributed by atoms with Gasteiger partial charge in [-0.2, -0.15) is 0 Å². The summed E-state index contributed by atoms with van der Waals surface area (Å²) < 4.78 is 44.3. The molecule has 0 heterocycles. The highest BCUT2D eigenvalue weighted by atomic mass is 19.1. The molecule has 0 spiro atoms. The molecule has 1 rings (SSSR count). The number of halogens is 2. The van der Waals surface area contributed by atoms with Crippen molar-refractivity contribution in [3.8, 4) is 0 Å². The summed E-state index contributed by atoms with van der Waals surface area (Å²) in [5.74, 6) is -4.46. The van der Waals surface area contributed by atoms with Gasteiger partial charge in [-0.05, 0) is 60.6 Å². The highest BCUT2D eigenvalue weighted by Gasteiger charge is 2.33. The van der Waals surface area contributed by atoms with Crippen LogP contribution in [0.3, 0.4) is 0 Å². The number of carbonyl (C=O) groups is 3. The number of amides is 1. The standard InChI is InChI=1S/C20H27F2NO6/c1-8-27-17(25)15(23-18(26)29-20(5,6)7)14-12(21)9-11(10-13(14)22)16(24)28-19(2,3)4/h9-10,15H,8H2,1-7H3,(H,23,26). The lowest BCUT2D eigenvalue weighted by molar-refractivity contribution is -0.146. The van der Waals surface area contributed by atoms with Crippen LogP contribution >= 0.6 is 0 Å². The van der Waals surface area contributed by atoms with Crippen molar-refractivity contribution in [2.75, 3.05) is 6.61 Å². The molecule has 9 heteroatoms. The van der Waals surface area contributed by atoms with Crippen LogP contribution < -0.4 is 5.32 Å². The Morgan fingerprint density at radius 1 is 0.966 bits per heavy atom. The lowest BCUT2D eigenvalue weighted by atomic mass is 10.0. The number of alkyl carbamates (subject to hydrolysis) is 1. The van der Waals surface area contributed by atoms with Crippen LogP contribution in [0.4, 0.5) is 13.6 Å². The van der Waals surface area contributed by atoms with E-state index in [-0.39, 0.29) is 12.2 Å². The summed E-state index contributed by atoms with van der Waals surface area (Å²) in [6, 6.07) is -0.345. The molecule has 1 N–H and O–H groups in total. The first kappa shape index (κ1) is 24.3. The molecule has 0 fully saturated rings. The van der Waals surface area contributed by atoms with Crippen molar-refractivity contribution >= 4 is 18.0 Å². The Hall–Kier alpha value is -2.71. The zero-order valence-corrected chi connectivity index (χ0v) is 17.6. The normalized spacial score (nSPS) is 12.7. The smallest absolute Gasteiger partial charge is 0.408 e. The van der Waals surface area contributed by atoms with Crippen LogP contribution in [0.15, 0.2) is 12.1 Å². The second-order valence-corrected chi connectivity index (χ2v) is 8.19. The first-order chi connectivity index (χ1) is 13.1. The fourth-order valence-corrected chi connectivity index (χ4v) is 2.21. The van der Waals surface area contributed by atoms with Crippen molar-refractivity contribution in [3.63, 3.8) is 0 Å². The first-order valence-electron chi connectivity index (χ1n) is 9.03. The summed E-state index contributed by atoms with van der Waals surface area (Å²) in [6.45, 7) is 11.0. The van der Waals surface area contributed by atoms with E-state index in [9.17, 15) is 23.2 Å². The van der Waals surface area contributed by atoms with E-state index in [0.29, 0.717) is 0 Å². The summed E-state index contributed by atoms with van der Waals surface area (Å²) >= 11 is 0. The van der Waals surface area contributed by atoms with Gasteiger partial charge < -0.3 is 19.5 Å². The quantitative estimate of drug-likeness (QED) is 0.576. The molecule has 162 valence electrons. The molecule has 1 unspecified atom stereocenters. The summed E-state index contributed by atoms with van der Waals surface area (Å²) in [5, 5.41) is 2.11. The van der Waals surface area contributed by atoms with Gasteiger partial charge >= 0.3 is 18.0 Å². The number of ether oxygens (including phenoxy) is 3. The van der Waals surface area contributed by atoms with Crippen molar-refractivity contribution in [1.29, 1.82) is 0 Å². The van der Waals surface area contributed by atoms with Gasteiger partial charge in [-0.3, -0.25) is 0 Å². The monoisotopic (exact) mass is 415 g/mol. The van der Waals surface area contributed by atoms with E-state index in [1.54, 1.807) is 41.5 Å². The zero-order valence-electron chi connectivity index (χ0n) is 17.6. The van der Waals surface area contributed by atoms with Crippen molar-refractivity contribution in [2.24, 2.45) is 0 Å². The van der Waals surface area contributed by atoms with Crippen LogP contribution in [0.25, 0.3) is 0 Å². The van der Waals surface area contributed by atoms with Crippen molar-refractivity contribution in [3.05, 3.63) is 34.9 Å². The predicted octanol–water partition coefficient (Wildman–Crippen LogP) is 4.05. The number of carbonyl (C=O) groups excluding carboxylic acids is 3. The summed E-state index contributed by atoms with van der Waals surface area (Å²) in [4.78, 5) is 36.4. The number of esters is 2. The first-order valence-corrected chi connectivity index (χ1v) is 9.03. The molecule has 0 aliphatic rings. The maximum Gasteiger partial charge on any atom is 0.408 e. The van der Waals surface area contributed by atoms with Gasteiger partial charge in [-0.25, -0.2) is 23.2 Å². The molecule has 1 aromatic rings. The van der Waals surface area contributed by atoms with Crippen LogP contribution in [-0.4, -0.2) is 35.8 Å². The number of rotatable bonds is 5. The fraction of sp³-hybridized carbons (Fsp3) is 0.550. The Morgan fingerprint density at radius 3 is 1.86 bits per heavy atom. The molecule has 7 nitrogen and oxygen atoms in total. The highest BCUT2D eigenvalue weighted by Crippen LogP contribution is 2.25. The Morgan fingerprint density at radius 2 is 1.45 bits per heavy atom. The van der Waals surface area contributed by atoms with Crippen molar-refractivity contribution in [2.45, 2.75) is 65.7 Å². The average Bonchev–Trinajstić information content (AvgIpc) is 2.49. The van der Waals surface area contributed by atoms with E-state index in [4.69, 9.17) is 14.2 Å². The molecule has 1 amide bonds. The van der Waals surface area contributed by atoms with Gasteiger partial charge in [0.2, 0.25) is 0 Å².